The Kier molecular flexibility index (Phi) is 5.70. The summed E-state index contributed by atoms with van der Waals surface area (Å²) >= 11 is 0. The summed E-state index contributed by atoms with van der Waals surface area (Å²) in [6.07, 6.45) is 9.84. The monoisotopic (exact) mass is 299 g/mol. The van der Waals surface area contributed by atoms with Crippen LogP contribution in [0.15, 0.2) is 0 Å². The molecular formula is C17H33NOS. The van der Waals surface area contributed by atoms with Crippen molar-refractivity contribution in [3.05, 3.63) is 0 Å². The Hall–Kier alpha value is 0.110. The van der Waals surface area contributed by atoms with Gasteiger partial charge in [0.05, 0.1) is 0 Å². The van der Waals surface area contributed by atoms with E-state index < -0.39 is 10.8 Å². The zero-order valence-corrected chi connectivity index (χ0v) is 14.4. The largest absolute Gasteiger partial charge is 0.330 e. The normalized spacial score (nSPS) is 34.9. The molecule has 2 aliphatic rings. The Labute approximate surface area is 127 Å². The maximum absolute atomic E-state index is 13.1. The number of rotatable bonds is 3. The summed E-state index contributed by atoms with van der Waals surface area (Å²) in [5, 5.41) is 0.822. The predicted molar refractivity (Wildman–Crippen MR) is 88.1 cm³/mol. The molecular weight excluding hydrogens is 266 g/mol. The highest BCUT2D eigenvalue weighted by Gasteiger charge is 2.40. The topological polar surface area (TPSA) is 43.1 Å². The van der Waals surface area contributed by atoms with Crippen molar-refractivity contribution in [2.45, 2.75) is 82.6 Å². The first-order valence-corrected chi connectivity index (χ1v) is 9.80. The number of nitrogens with two attached hydrogens (primary N) is 1. The fourth-order valence-corrected chi connectivity index (χ4v) is 6.42. The Morgan fingerprint density at radius 3 is 2.25 bits per heavy atom. The summed E-state index contributed by atoms with van der Waals surface area (Å²) in [4.78, 5) is 0. The van der Waals surface area contributed by atoms with Crippen LogP contribution in [0.4, 0.5) is 0 Å². The van der Waals surface area contributed by atoms with Gasteiger partial charge in [0.2, 0.25) is 0 Å². The lowest BCUT2D eigenvalue weighted by molar-refractivity contribution is 0.155. The van der Waals surface area contributed by atoms with Gasteiger partial charge in [0.15, 0.2) is 0 Å². The van der Waals surface area contributed by atoms with Crippen molar-refractivity contribution < 1.29 is 4.21 Å². The highest BCUT2D eigenvalue weighted by Crippen LogP contribution is 2.42. The zero-order valence-electron chi connectivity index (χ0n) is 13.6. The highest BCUT2D eigenvalue weighted by molar-refractivity contribution is 7.86. The summed E-state index contributed by atoms with van der Waals surface area (Å²) in [7, 11) is -0.658. The van der Waals surface area contributed by atoms with Crippen LogP contribution in [0.5, 0.6) is 0 Å². The maximum Gasteiger partial charge on any atom is 0.0393 e. The molecule has 0 amide bonds. The van der Waals surface area contributed by atoms with Crippen molar-refractivity contribution in [3.63, 3.8) is 0 Å². The lowest BCUT2D eigenvalue weighted by atomic mass is 9.69. The van der Waals surface area contributed by atoms with E-state index >= 15 is 0 Å². The van der Waals surface area contributed by atoms with Crippen LogP contribution in [0.2, 0.25) is 0 Å². The van der Waals surface area contributed by atoms with Gasteiger partial charge in [0.1, 0.15) is 0 Å². The molecule has 0 aliphatic heterocycles. The van der Waals surface area contributed by atoms with E-state index in [1.54, 1.807) is 0 Å². The molecule has 4 atom stereocenters. The van der Waals surface area contributed by atoms with Crippen LogP contribution < -0.4 is 5.73 Å². The van der Waals surface area contributed by atoms with Gasteiger partial charge in [-0.3, -0.25) is 4.21 Å². The molecule has 2 rings (SSSR count). The lowest BCUT2D eigenvalue weighted by Crippen LogP contribution is -2.43. The third-order valence-electron chi connectivity index (χ3n) is 5.64. The van der Waals surface area contributed by atoms with Gasteiger partial charge >= 0.3 is 0 Å². The minimum atomic E-state index is -0.658. The Morgan fingerprint density at radius 2 is 1.70 bits per heavy atom. The molecule has 0 aromatic heterocycles. The van der Waals surface area contributed by atoms with Crippen molar-refractivity contribution in [2.24, 2.45) is 23.0 Å². The van der Waals surface area contributed by atoms with Crippen molar-refractivity contribution in [3.8, 4) is 0 Å². The lowest BCUT2D eigenvalue weighted by Gasteiger charge is -2.42. The summed E-state index contributed by atoms with van der Waals surface area (Å²) < 4.78 is 13.1. The van der Waals surface area contributed by atoms with Gasteiger partial charge in [-0.05, 0) is 55.9 Å². The second-order valence-corrected chi connectivity index (χ2v) is 9.93. The van der Waals surface area contributed by atoms with E-state index in [-0.39, 0.29) is 0 Å². The van der Waals surface area contributed by atoms with Crippen molar-refractivity contribution in [1.29, 1.82) is 0 Å². The first-order chi connectivity index (χ1) is 9.43. The quantitative estimate of drug-likeness (QED) is 0.860. The fourth-order valence-electron chi connectivity index (χ4n) is 4.08. The molecule has 0 saturated heterocycles. The van der Waals surface area contributed by atoms with Crippen molar-refractivity contribution >= 4 is 10.8 Å². The van der Waals surface area contributed by atoms with Gasteiger partial charge in [-0.15, -0.1) is 0 Å². The SMILES string of the molecule is CC(C)(C)C1CCC(CN)C(S(=O)C2CCCCC2)C1. The average molecular weight is 300 g/mol. The molecule has 2 aliphatic carbocycles. The standard InChI is InChI=1S/C17H33NOS/c1-17(2,3)14-10-9-13(12-18)16(11-14)20(19)15-7-5-4-6-8-15/h13-16H,4-12,18H2,1-3H3. The first-order valence-electron chi connectivity index (χ1n) is 8.53. The van der Waals surface area contributed by atoms with Gasteiger partial charge in [0, 0.05) is 21.3 Å². The molecule has 0 aromatic carbocycles. The molecule has 0 aromatic rings. The molecule has 2 saturated carbocycles. The van der Waals surface area contributed by atoms with Crippen molar-refractivity contribution in [1.82, 2.24) is 0 Å². The molecule has 3 heteroatoms. The Bertz CT molecular complexity index is 330. The van der Waals surface area contributed by atoms with Crippen LogP contribution >= 0.6 is 0 Å². The minimum absolute atomic E-state index is 0.342. The fraction of sp³-hybridized carbons (Fsp3) is 1.00. The molecule has 2 nitrogen and oxygen atoms in total. The van der Waals surface area contributed by atoms with E-state index in [0.717, 1.165) is 13.0 Å². The van der Waals surface area contributed by atoms with E-state index in [9.17, 15) is 4.21 Å². The third-order valence-corrected chi connectivity index (χ3v) is 7.94. The zero-order chi connectivity index (χ0) is 14.8. The van der Waals surface area contributed by atoms with Gasteiger partial charge in [-0.1, -0.05) is 40.0 Å². The van der Waals surface area contributed by atoms with Crippen LogP contribution in [0.1, 0.15) is 72.1 Å². The second kappa shape index (κ2) is 6.91. The van der Waals surface area contributed by atoms with Crippen LogP contribution in [0.3, 0.4) is 0 Å². The van der Waals surface area contributed by atoms with E-state index in [2.05, 4.69) is 20.8 Å². The van der Waals surface area contributed by atoms with E-state index in [1.807, 2.05) is 0 Å². The van der Waals surface area contributed by atoms with Crippen LogP contribution in [0.25, 0.3) is 0 Å². The van der Waals surface area contributed by atoms with E-state index in [0.29, 0.717) is 27.8 Å². The number of hydrogen-bond acceptors (Lipinski definition) is 2. The van der Waals surface area contributed by atoms with Gasteiger partial charge in [-0.25, -0.2) is 0 Å². The van der Waals surface area contributed by atoms with Crippen LogP contribution in [-0.4, -0.2) is 21.3 Å². The Balaban J connectivity index is 2.06. The predicted octanol–water partition coefficient (Wildman–Crippen LogP) is 3.86. The van der Waals surface area contributed by atoms with Gasteiger partial charge in [0.25, 0.3) is 0 Å². The molecule has 4 unspecified atom stereocenters. The highest BCUT2D eigenvalue weighted by atomic mass is 32.2. The summed E-state index contributed by atoms with van der Waals surface area (Å²) in [5.41, 5.74) is 6.32. The number of hydrogen-bond donors (Lipinski definition) is 1. The minimum Gasteiger partial charge on any atom is -0.330 e. The van der Waals surface area contributed by atoms with Gasteiger partial charge in [-0.2, -0.15) is 0 Å². The average Bonchev–Trinajstić information content (AvgIpc) is 2.45. The molecule has 2 N–H and O–H groups in total. The third kappa shape index (κ3) is 3.85. The molecule has 0 heterocycles. The molecule has 0 bridgehead atoms. The Morgan fingerprint density at radius 1 is 1.05 bits per heavy atom. The van der Waals surface area contributed by atoms with Crippen LogP contribution in [0, 0.1) is 17.3 Å². The second-order valence-electron chi connectivity index (χ2n) is 8.00. The first kappa shape index (κ1) is 16.5. The summed E-state index contributed by atoms with van der Waals surface area (Å²) in [6, 6.07) is 0. The van der Waals surface area contributed by atoms with Gasteiger partial charge < -0.3 is 5.73 Å². The summed E-state index contributed by atoms with van der Waals surface area (Å²) in [5.74, 6) is 1.21. The molecule has 2 fully saturated rings. The molecule has 0 radical (unpaired) electrons. The summed E-state index contributed by atoms with van der Waals surface area (Å²) in [6.45, 7) is 7.73. The van der Waals surface area contributed by atoms with E-state index in [1.165, 1.54) is 44.9 Å². The molecule has 20 heavy (non-hydrogen) atoms. The van der Waals surface area contributed by atoms with E-state index in [4.69, 9.17) is 5.73 Å². The maximum atomic E-state index is 13.1. The van der Waals surface area contributed by atoms with Crippen LogP contribution in [-0.2, 0) is 10.8 Å². The van der Waals surface area contributed by atoms with Crippen molar-refractivity contribution in [2.75, 3.05) is 6.54 Å². The molecule has 118 valence electrons. The smallest absolute Gasteiger partial charge is 0.0393 e. The molecule has 0 spiro atoms.